The monoisotopic (exact) mass is 276 g/mol. The highest BCUT2D eigenvalue weighted by Gasteiger charge is 2.39. The molecule has 0 unspecified atom stereocenters. The van der Waals surface area contributed by atoms with Crippen molar-refractivity contribution in [2.75, 3.05) is 11.4 Å². The first-order valence-electron chi connectivity index (χ1n) is 6.87. The fourth-order valence-corrected chi connectivity index (χ4v) is 1.98. The van der Waals surface area contributed by atoms with Crippen LogP contribution in [0.1, 0.15) is 32.6 Å². The van der Waals surface area contributed by atoms with E-state index in [0.717, 1.165) is 18.5 Å². The van der Waals surface area contributed by atoms with Gasteiger partial charge in [0, 0.05) is 24.2 Å². The molecule has 20 heavy (non-hydrogen) atoms. The number of carbonyl (C=O) groups is 2. The number of nitrogens with one attached hydrogen (secondary N) is 1. The van der Waals surface area contributed by atoms with Crippen LogP contribution in [0.4, 0.5) is 10.5 Å². The van der Waals surface area contributed by atoms with Gasteiger partial charge in [-0.2, -0.15) is 0 Å². The number of anilines is 1. The number of para-hydroxylation sites is 1. The van der Waals surface area contributed by atoms with Gasteiger partial charge in [-0.15, -0.1) is 0 Å². The van der Waals surface area contributed by atoms with Crippen molar-refractivity contribution in [3.63, 3.8) is 0 Å². The standard InChI is InChI=1S/C15H20N2O3/c1-15(9-10-15)16-14(20)17(11-5-8-13(18)19)12-6-3-2-4-7-12/h2-4,6-7H,5,8-11H2,1H3,(H,16,20)(H,18,19). The molecule has 0 heterocycles. The third-order valence-electron chi connectivity index (χ3n) is 3.49. The van der Waals surface area contributed by atoms with Crippen molar-refractivity contribution in [2.24, 2.45) is 0 Å². The van der Waals surface area contributed by atoms with Gasteiger partial charge in [-0.3, -0.25) is 9.69 Å². The first-order chi connectivity index (χ1) is 9.50. The second kappa shape index (κ2) is 5.94. The van der Waals surface area contributed by atoms with Crippen LogP contribution in [0.5, 0.6) is 0 Å². The summed E-state index contributed by atoms with van der Waals surface area (Å²) in [5.74, 6) is -0.840. The van der Waals surface area contributed by atoms with Crippen molar-refractivity contribution < 1.29 is 14.7 Å². The maximum Gasteiger partial charge on any atom is 0.322 e. The Hall–Kier alpha value is -2.04. The molecule has 0 aromatic heterocycles. The van der Waals surface area contributed by atoms with Crippen LogP contribution in [0.3, 0.4) is 0 Å². The zero-order valence-electron chi connectivity index (χ0n) is 11.6. The smallest absolute Gasteiger partial charge is 0.322 e. The third kappa shape index (κ3) is 3.98. The van der Waals surface area contributed by atoms with Crippen molar-refractivity contribution >= 4 is 17.7 Å². The molecule has 0 saturated heterocycles. The number of carboxylic acid groups (broad SMARTS) is 1. The molecule has 0 spiro atoms. The molecule has 0 radical (unpaired) electrons. The van der Waals surface area contributed by atoms with Gasteiger partial charge in [-0.1, -0.05) is 18.2 Å². The molecule has 1 saturated carbocycles. The summed E-state index contributed by atoms with van der Waals surface area (Å²) < 4.78 is 0. The Kier molecular flexibility index (Phi) is 4.27. The van der Waals surface area contributed by atoms with E-state index in [0.29, 0.717) is 13.0 Å². The normalized spacial score (nSPS) is 15.4. The van der Waals surface area contributed by atoms with E-state index in [1.807, 2.05) is 37.3 Å². The lowest BCUT2D eigenvalue weighted by Crippen LogP contribution is -2.45. The summed E-state index contributed by atoms with van der Waals surface area (Å²) in [6.45, 7) is 2.42. The van der Waals surface area contributed by atoms with Gasteiger partial charge < -0.3 is 10.4 Å². The van der Waals surface area contributed by atoms with E-state index >= 15 is 0 Å². The summed E-state index contributed by atoms with van der Waals surface area (Å²) in [5.41, 5.74) is 0.705. The zero-order chi connectivity index (χ0) is 14.6. The molecule has 1 aromatic rings. The number of nitrogens with zero attached hydrogens (tertiary/aromatic N) is 1. The van der Waals surface area contributed by atoms with Crippen LogP contribution >= 0.6 is 0 Å². The number of hydrogen-bond donors (Lipinski definition) is 2. The van der Waals surface area contributed by atoms with Crippen molar-refractivity contribution in [2.45, 2.75) is 38.1 Å². The highest BCUT2D eigenvalue weighted by molar-refractivity contribution is 5.92. The first kappa shape index (κ1) is 14.4. The van der Waals surface area contributed by atoms with E-state index in [4.69, 9.17) is 5.11 Å². The Labute approximate surface area is 118 Å². The van der Waals surface area contributed by atoms with Crippen LogP contribution in [0.15, 0.2) is 30.3 Å². The number of rotatable bonds is 6. The molecule has 5 nitrogen and oxygen atoms in total. The minimum Gasteiger partial charge on any atom is -0.481 e. The maximum absolute atomic E-state index is 12.3. The fourth-order valence-electron chi connectivity index (χ4n) is 1.98. The van der Waals surface area contributed by atoms with Gasteiger partial charge in [0.05, 0.1) is 0 Å². The number of hydrogen-bond acceptors (Lipinski definition) is 2. The number of carboxylic acids is 1. The van der Waals surface area contributed by atoms with Crippen molar-refractivity contribution in [1.82, 2.24) is 5.32 Å². The van der Waals surface area contributed by atoms with Crippen molar-refractivity contribution in [1.29, 1.82) is 0 Å². The Morgan fingerprint density at radius 2 is 1.95 bits per heavy atom. The second-order valence-electron chi connectivity index (χ2n) is 5.48. The summed E-state index contributed by atoms with van der Waals surface area (Å²) in [4.78, 5) is 24.6. The molecule has 1 aromatic carbocycles. The van der Waals surface area contributed by atoms with E-state index < -0.39 is 5.97 Å². The second-order valence-corrected chi connectivity index (χ2v) is 5.48. The fraction of sp³-hybridized carbons (Fsp3) is 0.467. The summed E-state index contributed by atoms with van der Waals surface area (Å²) in [6.07, 6.45) is 2.50. The summed E-state index contributed by atoms with van der Waals surface area (Å²) in [5, 5.41) is 11.7. The zero-order valence-corrected chi connectivity index (χ0v) is 11.6. The SMILES string of the molecule is CC1(NC(=O)N(CCCC(=O)O)c2ccccc2)CC1. The Balaban J connectivity index is 2.03. The highest BCUT2D eigenvalue weighted by Crippen LogP contribution is 2.34. The largest absolute Gasteiger partial charge is 0.481 e. The topological polar surface area (TPSA) is 69.6 Å². The van der Waals surface area contributed by atoms with Crippen molar-refractivity contribution in [3.8, 4) is 0 Å². The highest BCUT2D eigenvalue weighted by atomic mass is 16.4. The molecule has 2 N–H and O–H groups in total. The molecule has 2 amide bonds. The Morgan fingerprint density at radius 3 is 2.50 bits per heavy atom. The predicted octanol–water partition coefficient (Wildman–Crippen LogP) is 2.62. The summed E-state index contributed by atoms with van der Waals surface area (Å²) >= 11 is 0. The number of carbonyl (C=O) groups excluding carboxylic acids is 1. The molecular weight excluding hydrogens is 256 g/mol. The Bertz CT molecular complexity index is 483. The van der Waals surface area contributed by atoms with Gasteiger partial charge in [0.15, 0.2) is 0 Å². The van der Waals surface area contributed by atoms with E-state index in [1.165, 1.54) is 0 Å². The molecule has 0 atom stereocenters. The molecular formula is C15H20N2O3. The van der Waals surface area contributed by atoms with E-state index in [2.05, 4.69) is 5.32 Å². The molecule has 1 aliphatic rings. The van der Waals surface area contributed by atoms with Gasteiger partial charge in [0.25, 0.3) is 0 Å². The van der Waals surface area contributed by atoms with Crippen LogP contribution in [-0.4, -0.2) is 29.2 Å². The third-order valence-corrected chi connectivity index (χ3v) is 3.49. The summed E-state index contributed by atoms with van der Waals surface area (Å²) in [6, 6.07) is 9.18. The van der Waals surface area contributed by atoms with Crippen LogP contribution in [0.2, 0.25) is 0 Å². The molecule has 1 aliphatic carbocycles. The molecule has 2 rings (SSSR count). The lowest BCUT2D eigenvalue weighted by atomic mass is 10.2. The number of amides is 2. The van der Waals surface area contributed by atoms with E-state index in [1.54, 1.807) is 4.90 Å². The van der Waals surface area contributed by atoms with Gasteiger partial charge in [-0.25, -0.2) is 4.79 Å². The van der Waals surface area contributed by atoms with Crippen LogP contribution in [0.25, 0.3) is 0 Å². The van der Waals surface area contributed by atoms with Gasteiger partial charge >= 0.3 is 12.0 Å². The van der Waals surface area contributed by atoms with Gasteiger partial charge in [-0.05, 0) is 38.3 Å². The minimum atomic E-state index is -0.840. The average Bonchev–Trinajstić information content (AvgIpc) is 3.12. The van der Waals surface area contributed by atoms with Crippen LogP contribution < -0.4 is 10.2 Å². The Morgan fingerprint density at radius 1 is 1.30 bits per heavy atom. The van der Waals surface area contributed by atoms with Gasteiger partial charge in [0.2, 0.25) is 0 Å². The first-order valence-corrected chi connectivity index (χ1v) is 6.87. The molecule has 0 bridgehead atoms. The molecule has 5 heteroatoms. The minimum absolute atomic E-state index is 0.0634. The van der Waals surface area contributed by atoms with Crippen LogP contribution in [0, 0.1) is 0 Å². The maximum atomic E-state index is 12.3. The average molecular weight is 276 g/mol. The lowest BCUT2D eigenvalue weighted by molar-refractivity contribution is -0.137. The number of aliphatic carboxylic acids is 1. The van der Waals surface area contributed by atoms with Gasteiger partial charge in [0.1, 0.15) is 0 Å². The predicted molar refractivity (Wildman–Crippen MR) is 76.8 cm³/mol. The number of benzene rings is 1. The molecule has 0 aliphatic heterocycles. The van der Waals surface area contributed by atoms with Crippen molar-refractivity contribution in [3.05, 3.63) is 30.3 Å². The molecule has 108 valence electrons. The van der Waals surface area contributed by atoms with Crippen LogP contribution in [-0.2, 0) is 4.79 Å². The van der Waals surface area contributed by atoms with E-state index in [-0.39, 0.29) is 18.0 Å². The quantitative estimate of drug-likeness (QED) is 0.839. The number of urea groups is 1. The lowest BCUT2D eigenvalue weighted by Gasteiger charge is -2.25. The summed E-state index contributed by atoms with van der Waals surface area (Å²) in [7, 11) is 0. The molecule has 1 fully saturated rings. The van der Waals surface area contributed by atoms with E-state index in [9.17, 15) is 9.59 Å².